The van der Waals surface area contributed by atoms with Crippen LogP contribution in [0.2, 0.25) is 0 Å². The fourth-order valence-electron chi connectivity index (χ4n) is 1.72. The maximum Gasteiger partial charge on any atom is 0.136 e. The Morgan fingerprint density at radius 1 is 1.25 bits per heavy atom. The zero-order valence-corrected chi connectivity index (χ0v) is 10.1. The van der Waals surface area contributed by atoms with Crippen LogP contribution in [0.15, 0.2) is 24.5 Å². The topological polar surface area (TPSA) is 37.5 Å². The number of aliphatic hydroxyl groups excluding tert-OH is 1. The van der Waals surface area contributed by atoms with Crippen LogP contribution in [0.5, 0.6) is 0 Å². The molecule has 0 saturated carbocycles. The molecule has 0 aromatic carbocycles. The predicted octanol–water partition coefficient (Wildman–Crippen LogP) is 2.17. The zero-order valence-electron chi connectivity index (χ0n) is 10.1. The third-order valence-electron chi connectivity index (χ3n) is 2.73. The van der Waals surface area contributed by atoms with Gasteiger partial charge in [0.25, 0.3) is 0 Å². The molecule has 0 aliphatic heterocycles. The summed E-state index contributed by atoms with van der Waals surface area (Å²) in [4.78, 5) is 4.43. The van der Waals surface area contributed by atoms with Gasteiger partial charge in [0.05, 0.1) is 5.69 Å². The Kier molecular flexibility index (Phi) is 2.72. The van der Waals surface area contributed by atoms with Crippen LogP contribution in [0.1, 0.15) is 32.0 Å². The van der Waals surface area contributed by atoms with Crippen molar-refractivity contribution in [1.82, 2.24) is 9.38 Å². The predicted molar refractivity (Wildman–Crippen MR) is 64.7 cm³/mol. The molecule has 1 N–H and O–H groups in total. The summed E-state index contributed by atoms with van der Waals surface area (Å²) in [7, 11) is 0. The minimum absolute atomic E-state index is 0.148. The third-order valence-corrected chi connectivity index (χ3v) is 2.73. The van der Waals surface area contributed by atoms with E-state index in [1.807, 2.05) is 16.7 Å². The van der Waals surface area contributed by atoms with E-state index in [0.717, 1.165) is 11.3 Å². The number of nitrogens with zero attached hydrogens (tertiary/aromatic N) is 2. The van der Waals surface area contributed by atoms with Crippen LogP contribution in [0.4, 0.5) is 0 Å². The second kappa shape index (κ2) is 3.91. The molecule has 86 valence electrons. The van der Waals surface area contributed by atoms with Crippen LogP contribution in [-0.4, -0.2) is 21.1 Å². The Bertz CT molecular complexity index is 494. The highest BCUT2D eigenvalue weighted by molar-refractivity contribution is 5.42. The Labute approximate surface area is 95.8 Å². The maximum absolute atomic E-state index is 8.88. The molecule has 0 amide bonds. The number of fused-ring (bicyclic) bond motifs is 1. The van der Waals surface area contributed by atoms with Gasteiger partial charge in [0.2, 0.25) is 0 Å². The molecule has 0 radical (unpaired) electrons. The van der Waals surface area contributed by atoms with Crippen molar-refractivity contribution in [3.05, 3.63) is 35.8 Å². The van der Waals surface area contributed by atoms with Crippen molar-refractivity contribution in [1.29, 1.82) is 0 Å². The maximum atomic E-state index is 8.88. The smallest absolute Gasteiger partial charge is 0.136 e. The second-order valence-electron chi connectivity index (χ2n) is 5.14. The van der Waals surface area contributed by atoms with Crippen LogP contribution >= 0.6 is 0 Å². The minimum Gasteiger partial charge on any atom is -0.396 e. The van der Waals surface area contributed by atoms with Crippen molar-refractivity contribution >= 4 is 5.65 Å². The summed E-state index contributed by atoms with van der Waals surface area (Å²) in [5.74, 6) is 0. The Morgan fingerprint density at radius 2 is 2.00 bits per heavy atom. The van der Waals surface area contributed by atoms with Gasteiger partial charge in [-0.2, -0.15) is 0 Å². The molecule has 2 aromatic heterocycles. The van der Waals surface area contributed by atoms with Crippen LogP contribution in [0, 0.1) is 0 Å². The number of hydrogen-bond donors (Lipinski definition) is 1. The van der Waals surface area contributed by atoms with Gasteiger partial charge in [-0.3, -0.25) is 0 Å². The number of aromatic nitrogens is 2. The molecule has 3 heteroatoms. The van der Waals surface area contributed by atoms with Gasteiger partial charge in [-0.15, -0.1) is 0 Å². The Balaban J connectivity index is 2.46. The summed E-state index contributed by atoms with van der Waals surface area (Å²) in [6, 6.07) is 4.15. The first-order valence-corrected chi connectivity index (χ1v) is 5.60. The van der Waals surface area contributed by atoms with E-state index in [9.17, 15) is 0 Å². The van der Waals surface area contributed by atoms with E-state index in [1.54, 1.807) is 0 Å². The molecule has 2 rings (SSSR count). The lowest BCUT2D eigenvalue weighted by atomic mass is 9.88. The number of imidazole rings is 1. The van der Waals surface area contributed by atoms with Gasteiger partial charge in [-0.1, -0.05) is 26.8 Å². The average molecular weight is 218 g/mol. The fraction of sp³-hybridized carbons (Fsp3) is 0.462. The first-order valence-electron chi connectivity index (χ1n) is 5.60. The zero-order chi connectivity index (χ0) is 11.8. The molecule has 0 aliphatic rings. The number of rotatable bonds is 2. The number of pyridine rings is 1. The lowest BCUT2D eigenvalue weighted by Crippen LogP contribution is -2.11. The monoisotopic (exact) mass is 218 g/mol. The second-order valence-corrected chi connectivity index (χ2v) is 5.14. The molecule has 0 bridgehead atoms. The van der Waals surface area contributed by atoms with Crippen molar-refractivity contribution in [2.45, 2.75) is 32.6 Å². The minimum atomic E-state index is 0.148. The van der Waals surface area contributed by atoms with E-state index in [-0.39, 0.29) is 12.0 Å². The molecule has 0 spiro atoms. The molecular formula is C13H18N2O. The fourth-order valence-corrected chi connectivity index (χ4v) is 1.72. The van der Waals surface area contributed by atoms with Gasteiger partial charge >= 0.3 is 0 Å². The molecule has 0 unspecified atom stereocenters. The SMILES string of the molecule is CC(C)(C)c1ccc2nc(CCO)cn2c1. The number of aliphatic hydroxyl groups is 1. The highest BCUT2D eigenvalue weighted by Crippen LogP contribution is 2.22. The van der Waals surface area contributed by atoms with Crippen molar-refractivity contribution in [2.24, 2.45) is 0 Å². The molecule has 16 heavy (non-hydrogen) atoms. The summed E-state index contributed by atoms with van der Waals surface area (Å²) in [5.41, 5.74) is 3.31. The van der Waals surface area contributed by atoms with Crippen molar-refractivity contribution in [3.8, 4) is 0 Å². The first kappa shape index (κ1) is 11.1. The lowest BCUT2D eigenvalue weighted by molar-refractivity contribution is 0.298. The molecular weight excluding hydrogens is 200 g/mol. The molecule has 2 heterocycles. The molecule has 0 saturated heterocycles. The first-order chi connectivity index (χ1) is 7.50. The summed E-state index contributed by atoms with van der Waals surface area (Å²) in [5, 5.41) is 8.88. The quantitative estimate of drug-likeness (QED) is 0.838. The van der Waals surface area contributed by atoms with Gasteiger partial charge in [0.1, 0.15) is 5.65 Å². The standard InChI is InChI=1S/C13H18N2O/c1-13(2,3)10-4-5-12-14-11(6-7-16)9-15(12)8-10/h4-5,8-9,16H,6-7H2,1-3H3. The number of hydrogen-bond acceptors (Lipinski definition) is 2. The van der Waals surface area contributed by atoms with Gasteiger partial charge in [-0.05, 0) is 17.0 Å². The largest absolute Gasteiger partial charge is 0.396 e. The van der Waals surface area contributed by atoms with Crippen LogP contribution in [0.25, 0.3) is 5.65 Å². The van der Waals surface area contributed by atoms with Crippen LogP contribution in [-0.2, 0) is 11.8 Å². The molecule has 0 atom stereocenters. The van der Waals surface area contributed by atoms with Crippen molar-refractivity contribution < 1.29 is 5.11 Å². The summed E-state index contributed by atoms with van der Waals surface area (Å²) >= 11 is 0. The van der Waals surface area contributed by atoms with E-state index in [1.165, 1.54) is 5.56 Å². The van der Waals surface area contributed by atoms with E-state index in [4.69, 9.17) is 5.11 Å². The molecule has 3 nitrogen and oxygen atoms in total. The van der Waals surface area contributed by atoms with Crippen molar-refractivity contribution in [3.63, 3.8) is 0 Å². The third kappa shape index (κ3) is 2.09. The highest BCUT2D eigenvalue weighted by atomic mass is 16.3. The summed E-state index contributed by atoms with van der Waals surface area (Å²) in [6.45, 7) is 6.73. The molecule has 0 aliphatic carbocycles. The van der Waals surface area contributed by atoms with Gasteiger partial charge in [0, 0.05) is 25.4 Å². The van der Waals surface area contributed by atoms with E-state index in [0.29, 0.717) is 6.42 Å². The van der Waals surface area contributed by atoms with E-state index < -0.39 is 0 Å². The van der Waals surface area contributed by atoms with Crippen molar-refractivity contribution in [2.75, 3.05) is 6.61 Å². The average Bonchev–Trinajstić information content (AvgIpc) is 2.57. The molecule has 2 aromatic rings. The van der Waals surface area contributed by atoms with Crippen LogP contribution < -0.4 is 0 Å². The highest BCUT2D eigenvalue weighted by Gasteiger charge is 2.14. The van der Waals surface area contributed by atoms with Gasteiger partial charge < -0.3 is 9.51 Å². The van der Waals surface area contributed by atoms with E-state index >= 15 is 0 Å². The summed E-state index contributed by atoms with van der Waals surface area (Å²) < 4.78 is 2.03. The molecule has 0 fully saturated rings. The summed E-state index contributed by atoms with van der Waals surface area (Å²) in [6.07, 6.45) is 4.72. The normalized spacial score (nSPS) is 12.2. The Hall–Kier alpha value is -1.35. The van der Waals surface area contributed by atoms with Gasteiger partial charge in [0.15, 0.2) is 0 Å². The Morgan fingerprint density at radius 3 is 2.62 bits per heavy atom. The van der Waals surface area contributed by atoms with E-state index in [2.05, 4.69) is 38.0 Å². The van der Waals surface area contributed by atoms with Crippen LogP contribution in [0.3, 0.4) is 0 Å². The van der Waals surface area contributed by atoms with Gasteiger partial charge in [-0.25, -0.2) is 4.98 Å². The lowest BCUT2D eigenvalue weighted by Gasteiger charge is -2.18.